The quantitative estimate of drug-likeness (QED) is 0.162. The molecule has 0 saturated carbocycles. The first-order valence-electron chi connectivity index (χ1n) is 22.2. The van der Waals surface area contributed by atoms with Crippen LogP contribution in [0.5, 0.6) is 0 Å². The number of benzene rings is 11. The van der Waals surface area contributed by atoms with Crippen molar-refractivity contribution >= 4 is 38.6 Å². The summed E-state index contributed by atoms with van der Waals surface area (Å²) in [4.78, 5) is 2.49. The van der Waals surface area contributed by atoms with Gasteiger partial charge >= 0.3 is 0 Å². The van der Waals surface area contributed by atoms with Crippen LogP contribution in [0.4, 0.5) is 17.1 Å². The van der Waals surface area contributed by atoms with Gasteiger partial charge in [-0.25, -0.2) is 0 Å². The third-order valence-electron chi connectivity index (χ3n) is 13.8. The summed E-state index contributed by atoms with van der Waals surface area (Å²) in [5, 5.41) is 5.00. The van der Waals surface area contributed by atoms with E-state index in [0.717, 1.165) is 17.1 Å². The van der Waals surface area contributed by atoms with E-state index in [2.05, 4.69) is 254 Å². The first-order valence-corrected chi connectivity index (χ1v) is 22.2. The Morgan fingerprint density at radius 1 is 0.266 bits per heavy atom. The van der Waals surface area contributed by atoms with Crippen LogP contribution >= 0.6 is 0 Å². The highest BCUT2D eigenvalue weighted by molar-refractivity contribution is 6.02. The Bertz CT molecular complexity index is 3580. The van der Waals surface area contributed by atoms with Crippen LogP contribution in [0.1, 0.15) is 22.3 Å². The molecule has 11 aromatic rings. The van der Waals surface area contributed by atoms with Crippen LogP contribution in [-0.2, 0) is 5.41 Å². The van der Waals surface area contributed by atoms with E-state index < -0.39 is 5.41 Å². The molecular formula is C63H41N. The molecule has 1 nitrogen and oxygen atoms in total. The van der Waals surface area contributed by atoms with Gasteiger partial charge < -0.3 is 4.90 Å². The molecule has 0 saturated heterocycles. The van der Waals surface area contributed by atoms with Gasteiger partial charge in [0.2, 0.25) is 0 Å². The molecule has 298 valence electrons. The lowest BCUT2D eigenvalue weighted by atomic mass is 9.70. The third kappa shape index (κ3) is 5.44. The van der Waals surface area contributed by atoms with E-state index in [1.165, 1.54) is 99.4 Å². The minimum Gasteiger partial charge on any atom is -0.310 e. The Morgan fingerprint density at radius 3 is 1.56 bits per heavy atom. The van der Waals surface area contributed by atoms with Crippen molar-refractivity contribution in [2.45, 2.75) is 5.41 Å². The number of fused-ring (bicyclic) bond motifs is 12. The molecule has 13 rings (SSSR count). The van der Waals surface area contributed by atoms with Gasteiger partial charge in [0.15, 0.2) is 0 Å². The van der Waals surface area contributed by atoms with E-state index in [1.807, 2.05) is 0 Å². The molecule has 0 heterocycles. The van der Waals surface area contributed by atoms with Crippen molar-refractivity contribution in [1.29, 1.82) is 0 Å². The van der Waals surface area contributed by atoms with Gasteiger partial charge in [-0.2, -0.15) is 0 Å². The summed E-state index contributed by atoms with van der Waals surface area (Å²) >= 11 is 0. The minimum atomic E-state index is -0.438. The largest absolute Gasteiger partial charge is 0.310 e. The van der Waals surface area contributed by atoms with Gasteiger partial charge in [0.1, 0.15) is 0 Å². The molecule has 1 heteroatoms. The van der Waals surface area contributed by atoms with Gasteiger partial charge in [0, 0.05) is 16.9 Å². The maximum atomic E-state index is 2.49. The predicted molar refractivity (Wildman–Crippen MR) is 269 cm³/mol. The topological polar surface area (TPSA) is 3.24 Å². The highest BCUT2D eigenvalue weighted by Gasteiger charge is 2.52. The zero-order chi connectivity index (χ0) is 42.2. The third-order valence-corrected chi connectivity index (χ3v) is 13.8. The Kier molecular flexibility index (Phi) is 8.20. The van der Waals surface area contributed by atoms with Gasteiger partial charge in [-0.15, -0.1) is 0 Å². The Balaban J connectivity index is 1.00. The van der Waals surface area contributed by atoms with Crippen LogP contribution in [0.15, 0.2) is 249 Å². The van der Waals surface area contributed by atoms with Gasteiger partial charge in [-0.05, 0) is 136 Å². The lowest BCUT2D eigenvalue weighted by molar-refractivity contribution is 0.794. The maximum absolute atomic E-state index is 2.49. The van der Waals surface area contributed by atoms with Crippen molar-refractivity contribution in [1.82, 2.24) is 0 Å². The SMILES string of the molecule is c1cc(-c2ccc(N(c3cccc(-c4ccc5ccccc5c4)c3)c3cccc4c3-c3ccccc3C43c4ccccc4-c4ccccc43)cc2)cc(-c2cccc3ccccc23)c1. The molecule has 0 radical (unpaired) electrons. The number of hydrogen-bond donors (Lipinski definition) is 0. The Hall–Kier alpha value is -8.26. The smallest absolute Gasteiger partial charge is 0.0726 e. The van der Waals surface area contributed by atoms with Gasteiger partial charge in [0.05, 0.1) is 11.1 Å². The summed E-state index contributed by atoms with van der Waals surface area (Å²) in [6, 6.07) is 92.1. The molecule has 0 aliphatic heterocycles. The van der Waals surface area contributed by atoms with Crippen molar-refractivity contribution in [3.63, 3.8) is 0 Å². The molecule has 1 spiro atoms. The van der Waals surface area contributed by atoms with Crippen LogP contribution in [0.25, 0.3) is 77.2 Å². The van der Waals surface area contributed by atoms with Crippen LogP contribution < -0.4 is 4.90 Å². The van der Waals surface area contributed by atoms with Gasteiger partial charge in [-0.1, -0.05) is 206 Å². The normalized spacial score (nSPS) is 12.8. The van der Waals surface area contributed by atoms with E-state index in [0.29, 0.717) is 0 Å². The van der Waals surface area contributed by atoms with E-state index >= 15 is 0 Å². The number of rotatable bonds is 6. The number of anilines is 3. The van der Waals surface area contributed by atoms with Crippen LogP contribution in [0, 0.1) is 0 Å². The van der Waals surface area contributed by atoms with Gasteiger partial charge in [0.25, 0.3) is 0 Å². The summed E-state index contributed by atoms with van der Waals surface area (Å²) in [6.45, 7) is 0. The second-order valence-electron chi connectivity index (χ2n) is 17.2. The highest BCUT2D eigenvalue weighted by atomic mass is 15.1. The van der Waals surface area contributed by atoms with Crippen molar-refractivity contribution in [2.75, 3.05) is 4.90 Å². The molecule has 0 fully saturated rings. The molecule has 11 aromatic carbocycles. The molecule has 0 unspecified atom stereocenters. The number of nitrogens with zero attached hydrogens (tertiary/aromatic N) is 1. The summed E-state index contributed by atoms with van der Waals surface area (Å²) in [5.41, 5.74) is 20.7. The molecule has 0 N–H and O–H groups in total. The summed E-state index contributed by atoms with van der Waals surface area (Å²) in [6.07, 6.45) is 0. The van der Waals surface area contributed by atoms with Crippen molar-refractivity contribution in [2.24, 2.45) is 0 Å². The van der Waals surface area contributed by atoms with Crippen LogP contribution in [0.3, 0.4) is 0 Å². The molecule has 64 heavy (non-hydrogen) atoms. The van der Waals surface area contributed by atoms with Crippen LogP contribution in [0.2, 0.25) is 0 Å². The first kappa shape index (κ1) is 36.4. The second-order valence-corrected chi connectivity index (χ2v) is 17.2. The lowest BCUT2D eigenvalue weighted by Gasteiger charge is -2.32. The molecule has 0 atom stereocenters. The average molecular weight is 812 g/mol. The molecule has 2 aliphatic rings. The maximum Gasteiger partial charge on any atom is 0.0726 e. The van der Waals surface area contributed by atoms with E-state index in [1.54, 1.807) is 0 Å². The molecular weight excluding hydrogens is 771 g/mol. The average Bonchev–Trinajstić information content (AvgIpc) is 3.84. The number of hydrogen-bond acceptors (Lipinski definition) is 1. The van der Waals surface area contributed by atoms with Crippen molar-refractivity contribution in [3.05, 3.63) is 271 Å². The van der Waals surface area contributed by atoms with E-state index in [-0.39, 0.29) is 0 Å². The monoisotopic (exact) mass is 811 g/mol. The zero-order valence-corrected chi connectivity index (χ0v) is 35.1. The predicted octanol–water partition coefficient (Wildman–Crippen LogP) is 16.8. The Morgan fingerprint density at radius 2 is 0.781 bits per heavy atom. The highest BCUT2D eigenvalue weighted by Crippen LogP contribution is 2.64. The summed E-state index contributed by atoms with van der Waals surface area (Å²) in [5.74, 6) is 0. The molecule has 0 aromatic heterocycles. The standard InChI is InChI=1S/C63H41N/c1-2-17-45-39-48(34-33-42(45)15-1)47-20-12-22-51(41-47)64(50-37-35-43(36-38-50)46-19-11-21-49(40-46)53-27-13-18-44-16-3-4-23-52(44)53)61-32-14-31-60-62(61)56-26-7-10-30-59(56)63(60)57-28-8-5-24-54(57)55-25-6-9-29-58(55)63/h1-41H. The second kappa shape index (κ2) is 14.4. The van der Waals surface area contributed by atoms with E-state index in [4.69, 9.17) is 0 Å². The summed E-state index contributed by atoms with van der Waals surface area (Å²) < 4.78 is 0. The minimum absolute atomic E-state index is 0.438. The summed E-state index contributed by atoms with van der Waals surface area (Å²) in [7, 11) is 0. The fourth-order valence-corrected chi connectivity index (χ4v) is 11.1. The van der Waals surface area contributed by atoms with Crippen molar-refractivity contribution < 1.29 is 0 Å². The first-order chi connectivity index (χ1) is 31.7. The van der Waals surface area contributed by atoms with Crippen LogP contribution in [-0.4, -0.2) is 0 Å². The van der Waals surface area contributed by atoms with E-state index in [9.17, 15) is 0 Å². The van der Waals surface area contributed by atoms with Gasteiger partial charge in [-0.3, -0.25) is 0 Å². The molecule has 2 aliphatic carbocycles. The lowest BCUT2D eigenvalue weighted by Crippen LogP contribution is -2.26. The fraction of sp³-hybridized carbons (Fsp3) is 0.0159. The zero-order valence-electron chi connectivity index (χ0n) is 35.1. The fourth-order valence-electron chi connectivity index (χ4n) is 11.1. The molecule has 0 bridgehead atoms. The molecule has 0 amide bonds. The van der Waals surface area contributed by atoms with Crippen molar-refractivity contribution in [3.8, 4) is 55.6 Å². The Labute approximate surface area is 373 Å².